The molecule has 0 aromatic heterocycles. The molecule has 0 fully saturated rings. The van der Waals surface area contributed by atoms with Gasteiger partial charge in [0.25, 0.3) is 0 Å². The second kappa shape index (κ2) is 10.8. The third-order valence-electron chi connectivity index (χ3n) is 5.31. The van der Waals surface area contributed by atoms with Crippen LogP contribution in [0.1, 0.15) is 30.9 Å². The van der Waals surface area contributed by atoms with Crippen molar-refractivity contribution in [1.29, 1.82) is 0 Å². The normalized spacial score (nSPS) is 16.0. The summed E-state index contributed by atoms with van der Waals surface area (Å²) in [7, 11) is 0. The van der Waals surface area contributed by atoms with Gasteiger partial charge in [-0.25, -0.2) is 0 Å². The monoisotopic (exact) mass is 475 g/mol. The molecule has 178 valence electrons. The largest absolute Gasteiger partial charge is 0.593 e. The van der Waals surface area contributed by atoms with Gasteiger partial charge in [0.05, 0.1) is 36.9 Å². The molecular formula is C22H29N5O5S. The predicted molar refractivity (Wildman–Crippen MR) is 124 cm³/mol. The topological polar surface area (TPSA) is 177 Å². The number of nitrogens with one attached hydrogen (secondary N) is 2. The van der Waals surface area contributed by atoms with Crippen molar-refractivity contribution in [2.75, 3.05) is 11.9 Å². The van der Waals surface area contributed by atoms with E-state index in [2.05, 4.69) is 10.6 Å². The van der Waals surface area contributed by atoms with Gasteiger partial charge >= 0.3 is 0 Å². The SMILES string of the molecule is CC(CCNC(=O)[C@H](N)CC(N)=O)Nc1ccc2c(c1)CN([S+]([O-])c1ccc(O)cc1O)C2. The van der Waals surface area contributed by atoms with Crippen molar-refractivity contribution in [2.45, 2.75) is 49.8 Å². The minimum Gasteiger partial charge on any atom is -0.593 e. The molecule has 3 atom stereocenters. The van der Waals surface area contributed by atoms with Gasteiger partial charge in [0.15, 0.2) is 5.75 Å². The first-order chi connectivity index (χ1) is 15.6. The van der Waals surface area contributed by atoms with Gasteiger partial charge in [0.1, 0.15) is 5.75 Å². The molecular weight excluding hydrogens is 446 g/mol. The lowest BCUT2D eigenvalue weighted by Gasteiger charge is -2.19. The zero-order valence-corrected chi connectivity index (χ0v) is 19.1. The number of carbonyl (C=O) groups excluding carboxylic acids is 2. The van der Waals surface area contributed by atoms with Gasteiger partial charge < -0.3 is 36.9 Å². The van der Waals surface area contributed by atoms with Crippen LogP contribution in [0, 0.1) is 0 Å². The molecule has 2 aromatic carbocycles. The maximum Gasteiger partial charge on any atom is 0.237 e. The summed E-state index contributed by atoms with van der Waals surface area (Å²) in [6.45, 7) is 3.32. The summed E-state index contributed by atoms with van der Waals surface area (Å²) < 4.78 is 14.6. The summed E-state index contributed by atoms with van der Waals surface area (Å²) in [6.07, 6.45) is 0.450. The van der Waals surface area contributed by atoms with Crippen LogP contribution < -0.4 is 22.1 Å². The minimum atomic E-state index is -1.57. The zero-order valence-electron chi connectivity index (χ0n) is 18.3. The van der Waals surface area contributed by atoms with E-state index >= 15 is 0 Å². The van der Waals surface area contributed by atoms with E-state index in [0.717, 1.165) is 16.8 Å². The molecule has 1 aliphatic rings. The number of benzene rings is 2. The van der Waals surface area contributed by atoms with E-state index in [-0.39, 0.29) is 28.9 Å². The number of phenols is 2. The number of hydrogen-bond acceptors (Lipinski definition) is 8. The van der Waals surface area contributed by atoms with Gasteiger partial charge in [0.2, 0.25) is 16.7 Å². The second-order valence-electron chi connectivity index (χ2n) is 8.08. The quantitative estimate of drug-likeness (QED) is 0.271. The van der Waals surface area contributed by atoms with E-state index in [0.29, 0.717) is 26.1 Å². The highest BCUT2D eigenvalue weighted by atomic mass is 32.2. The number of nitrogens with two attached hydrogens (primary N) is 2. The Labute approximate surface area is 195 Å². The third kappa shape index (κ3) is 6.51. The van der Waals surface area contributed by atoms with Gasteiger partial charge in [-0.05, 0) is 42.7 Å². The Morgan fingerprint density at radius 3 is 2.61 bits per heavy atom. The fourth-order valence-electron chi connectivity index (χ4n) is 3.57. The van der Waals surface area contributed by atoms with E-state index in [4.69, 9.17) is 11.5 Å². The smallest absolute Gasteiger partial charge is 0.237 e. The van der Waals surface area contributed by atoms with Crippen LogP contribution in [0.4, 0.5) is 5.69 Å². The Hall–Kier alpha value is -2.99. The van der Waals surface area contributed by atoms with Crippen LogP contribution in [0.3, 0.4) is 0 Å². The van der Waals surface area contributed by atoms with Crippen molar-refractivity contribution in [2.24, 2.45) is 11.5 Å². The first-order valence-corrected chi connectivity index (χ1v) is 11.6. The van der Waals surface area contributed by atoms with Crippen molar-refractivity contribution in [3.05, 3.63) is 47.5 Å². The molecule has 10 nitrogen and oxygen atoms in total. The minimum absolute atomic E-state index is 0.0521. The van der Waals surface area contributed by atoms with Crippen LogP contribution in [0.5, 0.6) is 11.5 Å². The number of carbonyl (C=O) groups is 2. The summed E-state index contributed by atoms with van der Waals surface area (Å²) >= 11 is -1.57. The van der Waals surface area contributed by atoms with Crippen molar-refractivity contribution >= 4 is 28.9 Å². The van der Waals surface area contributed by atoms with Gasteiger partial charge in [0, 0.05) is 30.4 Å². The lowest BCUT2D eigenvalue weighted by atomic mass is 10.1. The molecule has 0 saturated carbocycles. The number of phenolic OH excluding ortho intramolecular Hbond substituents is 2. The average molecular weight is 476 g/mol. The highest BCUT2D eigenvalue weighted by Crippen LogP contribution is 2.34. The van der Waals surface area contributed by atoms with Crippen molar-refractivity contribution < 1.29 is 24.4 Å². The number of hydrogen-bond donors (Lipinski definition) is 6. The first kappa shape index (κ1) is 24.6. The number of amides is 2. The van der Waals surface area contributed by atoms with Crippen molar-refractivity contribution in [3.63, 3.8) is 0 Å². The highest BCUT2D eigenvalue weighted by molar-refractivity contribution is 7.89. The molecule has 1 heterocycles. The van der Waals surface area contributed by atoms with Crippen LogP contribution in [0.25, 0.3) is 0 Å². The summed E-state index contributed by atoms with van der Waals surface area (Å²) in [4.78, 5) is 23.0. The number of nitrogens with zero attached hydrogens (tertiary/aromatic N) is 1. The number of primary amides is 1. The van der Waals surface area contributed by atoms with Gasteiger partial charge in [-0.2, -0.15) is 0 Å². The average Bonchev–Trinajstić information content (AvgIpc) is 3.16. The molecule has 33 heavy (non-hydrogen) atoms. The molecule has 0 spiro atoms. The van der Waals surface area contributed by atoms with E-state index in [1.165, 1.54) is 18.2 Å². The Kier molecular flexibility index (Phi) is 8.03. The molecule has 0 radical (unpaired) electrons. The number of anilines is 1. The lowest BCUT2D eigenvalue weighted by molar-refractivity contribution is -0.126. The fourth-order valence-corrected chi connectivity index (χ4v) is 4.79. The molecule has 1 aliphatic heterocycles. The van der Waals surface area contributed by atoms with Crippen LogP contribution in [-0.4, -0.2) is 49.5 Å². The summed E-state index contributed by atoms with van der Waals surface area (Å²) in [5.74, 6) is -1.32. The van der Waals surface area contributed by atoms with E-state index in [9.17, 15) is 24.4 Å². The summed E-state index contributed by atoms with van der Waals surface area (Å²) in [6, 6.07) is 9.06. The maximum absolute atomic E-state index is 12.9. The van der Waals surface area contributed by atoms with Gasteiger partial charge in [-0.1, -0.05) is 6.07 Å². The summed E-state index contributed by atoms with van der Waals surface area (Å²) in [5.41, 5.74) is 13.7. The lowest BCUT2D eigenvalue weighted by Crippen LogP contribution is -2.43. The van der Waals surface area contributed by atoms with Crippen LogP contribution >= 0.6 is 0 Å². The van der Waals surface area contributed by atoms with Crippen molar-refractivity contribution in [1.82, 2.24) is 9.62 Å². The van der Waals surface area contributed by atoms with Crippen LogP contribution in [-0.2, 0) is 34.0 Å². The Morgan fingerprint density at radius 1 is 1.18 bits per heavy atom. The molecule has 2 amide bonds. The van der Waals surface area contributed by atoms with Crippen LogP contribution in [0.15, 0.2) is 41.3 Å². The molecule has 0 saturated heterocycles. The second-order valence-corrected chi connectivity index (χ2v) is 9.54. The molecule has 0 aliphatic carbocycles. The maximum atomic E-state index is 12.9. The van der Waals surface area contributed by atoms with E-state index in [1.54, 1.807) is 4.31 Å². The third-order valence-corrected chi connectivity index (χ3v) is 6.76. The predicted octanol–water partition coefficient (Wildman–Crippen LogP) is 0.646. The molecule has 2 aromatic rings. The van der Waals surface area contributed by atoms with Crippen LogP contribution in [0.2, 0.25) is 0 Å². The Bertz CT molecular complexity index is 1020. The Morgan fingerprint density at radius 2 is 1.91 bits per heavy atom. The van der Waals surface area contributed by atoms with Gasteiger partial charge in [-0.3, -0.25) is 9.59 Å². The molecule has 11 heteroatoms. The summed E-state index contributed by atoms with van der Waals surface area (Å²) in [5, 5.41) is 25.5. The standard InChI is InChI=1S/C22H29N5O5S/c1-13(6-7-25-22(31)18(23)10-21(24)30)26-16-3-2-14-11-27(12-15(14)8-16)33(32)20-5-4-17(28)9-19(20)29/h2-5,8-9,13,18,26,28-29H,6-7,10-12,23H2,1H3,(H2,24,30)(H,25,31)/t13?,18-,33?/m1/s1. The number of rotatable bonds is 10. The van der Waals surface area contributed by atoms with E-state index < -0.39 is 29.2 Å². The zero-order chi connectivity index (χ0) is 24.1. The Balaban J connectivity index is 1.51. The fraction of sp³-hybridized carbons (Fsp3) is 0.364. The molecule has 8 N–H and O–H groups in total. The highest BCUT2D eigenvalue weighted by Gasteiger charge is 2.32. The molecule has 0 bridgehead atoms. The number of aromatic hydroxyl groups is 2. The number of fused-ring (bicyclic) bond motifs is 1. The van der Waals surface area contributed by atoms with E-state index in [1.807, 2.05) is 25.1 Å². The van der Waals surface area contributed by atoms with Gasteiger partial charge in [-0.15, -0.1) is 4.31 Å². The molecule has 2 unspecified atom stereocenters. The first-order valence-electron chi connectivity index (χ1n) is 10.5. The molecule has 3 rings (SSSR count). The van der Waals surface area contributed by atoms with Crippen molar-refractivity contribution in [3.8, 4) is 11.5 Å².